The minimum absolute atomic E-state index is 0. The molecule has 0 spiro atoms. The highest BCUT2D eigenvalue weighted by atomic mass is 35.5. The number of fused-ring (bicyclic) bond motifs is 1. The first kappa shape index (κ1) is 13.9. The van der Waals surface area contributed by atoms with Gasteiger partial charge in [0.1, 0.15) is 0 Å². The summed E-state index contributed by atoms with van der Waals surface area (Å²) < 4.78 is 58.0. The maximum absolute atomic E-state index is 12.6. The zero-order valence-corrected chi connectivity index (χ0v) is 9.02. The van der Waals surface area contributed by atoms with E-state index in [2.05, 4.69) is 9.47 Å². The van der Waals surface area contributed by atoms with Gasteiger partial charge in [-0.25, -0.2) is 8.78 Å². The summed E-state index contributed by atoms with van der Waals surface area (Å²) in [4.78, 5) is 0. The molecule has 8 heteroatoms. The van der Waals surface area contributed by atoms with Crippen LogP contribution in [0.15, 0.2) is 18.2 Å². The largest absolute Gasteiger partial charge is 0.586 e. The van der Waals surface area contributed by atoms with Crippen LogP contribution in [0.2, 0.25) is 0 Å². The van der Waals surface area contributed by atoms with Gasteiger partial charge in [-0.2, -0.15) is 0 Å². The Morgan fingerprint density at radius 3 is 2.29 bits per heavy atom. The maximum Gasteiger partial charge on any atom is 0.586 e. The lowest BCUT2D eigenvalue weighted by Gasteiger charge is -2.10. The molecule has 0 amide bonds. The van der Waals surface area contributed by atoms with Gasteiger partial charge in [0.15, 0.2) is 11.5 Å². The van der Waals surface area contributed by atoms with Crippen molar-refractivity contribution in [2.75, 3.05) is 0 Å². The van der Waals surface area contributed by atoms with E-state index in [1.54, 1.807) is 0 Å². The summed E-state index contributed by atoms with van der Waals surface area (Å²) >= 11 is 0. The van der Waals surface area contributed by atoms with Crippen molar-refractivity contribution in [1.82, 2.24) is 0 Å². The molecule has 0 unspecified atom stereocenters. The van der Waals surface area contributed by atoms with E-state index in [0.29, 0.717) is 0 Å². The molecule has 1 atom stereocenters. The molecule has 2 rings (SSSR count). The van der Waals surface area contributed by atoms with Gasteiger partial charge in [-0.1, -0.05) is 6.07 Å². The van der Waals surface area contributed by atoms with Crippen LogP contribution in [0.25, 0.3) is 0 Å². The highest BCUT2D eigenvalue weighted by Gasteiger charge is 2.43. The molecular formula is C9H8ClF4NO2. The molecule has 0 aliphatic carbocycles. The minimum Gasteiger partial charge on any atom is -0.395 e. The summed E-state index contributed by atoms with van der Waals surface area (Å²) in [6.07, 6.45) is -6.53. The van der Waals surface area contributed by atoms with Crippen molar-refractivity contribution >= 4 is 12.4 Å². The van der Waals surface area contributed by atoms with E-state index in [0.717, 1.165) is 12.1 Å². The van der Waals surface area contributed by atoms with Crippen LogP contribution < -0.4 is 15.2 Å². The van der Waals surface area contributed by atoms with Crippen LogP contribution >= 0.6 is 12.4 Å². The summed E-state index contributed by atoms with van der Waals surface area (Å²) in [6, 6.07) is 1.80. The third-order valence-electron chi connectivity index (χ3n) is 2.08. The summed E-state index contributed by atoms with van der Waals surface area (Å²) in [6.45, 7) is 0. The van der Waals surface area contributed by atoms with E-state index in [4.69, 9.17) is 5.73 Å². The first-order valence-electron chi connectivity index (χ1n) is 4.32. The Labute approximate surface area is 99.9 Å². The second-order valence-corrected chi connectivity index (χ2v) is 3.23. The molecule has 0 saturated heterocycles. The highest BCUT2D eigenvalue weighted by Crippen LogP contribution is 2.42. The summed E-state index contributed by atoms with van der Waals surface area (Å²) in [5, 5.41) is 0. The number of nitrogens with two attached hydrogens (primary N) is 1. The lowest BCUT2D eigenvalue weighted by atomic mass is 10.1. The van der Waals surface area contributed by atoms with Crippen molar-refractivity contribution in [2.45, 2.75) is 18.8 Å². The third-order valence-corrected chi connectivity index (χ3v) is 2.08. The number of hydrogen-bond donors (Lipinski definition) is 1. The number of hydrogen-bond acceptors (Lipinski definition) is 3. The van der Waals surface area contributed by atoms with E-state index < -0.39 is 18.8 Å². The van der Waals surface area contributed by atoms with Crippen molar-refractivity contribution in [1.29, 1.82) is 0 Å². The first-order chi connectivity index (χ1) is 7.39. The second kappa shape index (κ2) is 4.58. The predicted molar refractivity (Wildman–Crippen MR) is 52.8 cm³/mol. The molecule has 0 saturated carbocycles. The molecule has 0 radical (unpaired) electrons. The smallest absolute Gasteiger partial charge is 0.395 e. The van der Waals surface area contributed by atoms with Gasteiger partial charge in [-0.15, -0.1) is 21.2 Å². The zero-order valence-electron chi connectivity index (χ0n) is 8.20. The van der Waals surface area contributed by atoms with E-state index in [1.165, 1.54) is 6.07 Å². The minimum atomic E-state index is -3.75. The van der Waals surface area contributed by atoms with E-state index >= 15 is 0 Å². The summed E-state index contributed by atoms with van der Waals surface area (Å²) in [5.74, 6) is -0.492. The van der Waals surface area contributed by atoms with Crippen LogP contribution in [0, 0.1) is 0 Å². The average Bonchev–Trinajstić information content (AvgIpc) is 2.48. The van der Waals surface area contributed by atoms with Gasteiger partial charge < -0.3 is 15.2 Å². The Bertz CT molecular complexity index is 416. The van der Waals surface area contributed by atoms with E-state index in [9.17, 15) is 17.6 Å². The normalized spacial score (nSPS) is 17.8. The molecule has 0 fully saturated rings. The molecule has 1 aromatic carbocycles. The molecular weight excluding hydrogens is 266 g/mol. The standard InChI is InChI=1S/C9H7F4NO2.ClH/c10-8(11)7(14)4-1-2-5-6(3-4)16-9(12,13)15-5;/h1-3,7-8H,14H2;1H/t7-;/m0./s1. The lowest BCUT2D eigenvalue weighted by Crippen LogP contribution is -2.26. The molecule has 3 nitrogen and oxygen atoms in total. The zero-order chi connectivity index (χ0) is 11.9. The van der Waals surface area contributed by atoms with Gasteiger partial charge >= 0.3 is 6.29 Å². The van der Waals surface area contributed by atoms with Gasteiger partial charge in [-0.3, -0.25) is 0 Å². The van der Waals surface area contributed by atoms with Crippen LogP contribution in [-0.4, -0.2) is 12.7 Å². The number of rotatable bonds is 2. The Hall–Kier alpha value is -1.21. The van der Waals surface area contributed by atoms with Crippen molar-refractivity contribution in [3.8, 4) is 11.5 Å². The van der Waals surface area contributed by atoms with Gasteiger partial charge in [-0.05, 0) is 17.7 Å². The van der Waals surface area contributed by atoms with Gasteiger partial charge in [0, 0.05) is 0 Å². The third kappa shape index (κ3) is 2.73. The predicted octanol–water partition coefficient (Wildman–Crippen LogP) is 2.69. The lowest BCUT2D eigenvalue weighted by molar-refractivity contribution is -0.286. The Kier molecular flexibility index (Phi) is 3.73. The van der Waals surface area contributed by atoms with Crippen LogP contribution in [0.3, 0.4) is 0 Å². The SMILES string of the molecule is Cl.N[C@@H](c1ccc2c(c1)OC(F)(F)O2)C(F)F. The molecule has 1 aliphatic rings. The Morgan fingerprint density at radius 2 is 1.71 bits per heavy atom. The number of benzene rings is 1. The van der Waals surface area contributed by atoms with Crippen molar-refractivity contribution < 1.29 is 27.0 Å². The Morgan fingerprint density at radius 1 is 1.12 bits per heavy atom. The van der Waals surface area contributed by atoms with Crippen LogP contribution in [0.1, 0.15) is 11.6 Å². The van der Waals surface area contributed by atoms with Crippen molar-refractivity contribution in [3.63, 3.8) is 0 Å². The quantitative estimate of drug-likeness (QED) is 0.843. The van der Waals surface area contributed by atoms with Crippen molar-refractivity contribution in [2.24, 2.45) is 5.73 Å². The average molecular weight is 274 g/mol. The molecule has 1 aromatic rings. The molecule has 0 bridgehead atoms. The number of halogens is 5. The second-order valence-electron chi connectivity index (χ2n) is 3.23. The van der Waals surface area contributed by atoms with Crippen LogP contribution in [0.5, 0.6) is 11.5 Å². The van der Waals surface area contributed by atoms with Crippen LogP contribution in [0.4, 0.5) is 17.6 Å². The van der Waals surface area contributed by atoms with Crippen LogP contribution in [-0.2, 0) is 0 Å². The van der Waals surface area contributed by atoms with Crippen molar-refractivity contribution in [3.05, 3.63) is 23.8 Å². The number of alkyl halides is 4. The maximum atomic E-state index is 12.6. The topological polar surface area (TPSA) is 44.5 Å². The monoisotopic (exact) mass is 273 g/mol. The fraction of sp³-hybridized carbons (Fsp3) is 0.333. The van der Waals surface area contributed by atoms with E-state index in [-0.39, 0.29) is 29.5 Å². The summed E-state index contributed by atoms with van der Waals surface area (Å²) in [7, 11) is 0. The molecule has 96 valence electrons. The van der Waals surface area contributed by atoms with E-state index in [1.807, 2.05) is 0 Å². The molecule has 0 aromatic heterocycles. The van der Waals surface area contributed by atoms with Gasteiger partial charge in [0.2, 0.25) is 0 Å². The highest BCUT2D eigenvalue weighted by molar-refractivity contribution is 5.85. The molecule has 1 heterocycles. The molecule has 2 N–H and O–H groups in total. The number of ether oxygens (including phenoxy) is 2. The first-order valence-corrected chi connectivity index (χ1v) is 4.32. The summed E-state index contributed by atoms with van der Waals surface area (Å²) in [5.41, 5.74) is 5.17. The fourth-order valence-electron chi connectivity index (χ4n) is 1.32. The Balaban J connectivity index is 0.00000144. The molecule has 17 heavy (non-hydrogen) atoms. The van der Waals surface area contributed by atoms with Gasteiger partial charge in [0.25, 0.3) is 6.43 Å². The molecule has 1 aliphatic heterocycles. The fourth-order valence-corrected chi connectivity index (χ4v) is 1.32. The van der Waals surface area contributed by atoms with Gasteiger partial charge in [0.05, 0.1) is 6.04 Å².